The van der Waals surface area contributed by atoms with Crippen molar-refractivity contribution in [2.45, 2.75) is 32.9 Å². The molecular weight excluding hydrogens is 434 g/mol. The zero-order valence-electron chi connectivity index (χ0n) is 15.5. The van der Waals surface area contributed by atoms with Crippen molar-refractivity contribution in [1.29, 1.82) is 0 Å². The lowest BCUT2D eigenvalue weighted by Gasteiger charge is -2.22. The molecule has 0 spiro atoms. The lowest BCUT2D eigenvalue weighted by atomic mass is 10.1. The summed E-state index contributed by atoms with van der Waals surface area (Å²) in [5.41, 5.74) is 0. The molecule has 5 nitrogen and oxygen atoms in total. The maximum atomic E-state index is 13.1. The molecule has 25 heavy (non-hydrogen) atoms. The van der Waals surface area contributed by atoms with Gasteiger partial charge in [-0.3, -0.25) is 9.89 Å². The van der Waals surface area contributed by atoms with Crippen molar-refractivity contribution in [3.63, 3.8) is 0 Å². The molecule has 1 aliphatic heterocycles. The van der Waals surface area contributed by atoms with E-state index in [0.717, 1.165) is 19.0 Å². The molecule has 1 heterocycles. The largest absolute Gasteiger partial charge is 0.492 e. The predicted molar refractivity (Wildman–Crippen MR) is 111 cm³/mol. The van der Waals surface area contributed by atoms with Crippen LogP contribution in [0.15, 0.2) is 29.3 Å². The second-order valence-corrected chi connectivity index (χ2v) is 6.58. The molecule has 1 aromatic rings. The Labute approximate surface area is 167 Å². The highest BCUT2D eigenvalue weighted by molar-refractivity contribution is 14.0. The fourth-order valence-electron chi connectivity index (χ4n) is 2.88. The van der Waals surface area contributed by atoms with Crippen molar-refractivity contribution in [2.75, 3.05) is 33.3 Å². The highest BCUT2D eigenvalue weighted by Crippen LogP contribution is 2.18. The molecule has 1 saturated heterocycles. The lowest BCUT2D eigenvalue weighted by molar-refractivity contribution is 0.265. The van der Waals surface area contributed by atoms with Crippen LogP contribution in [0.3, 0.4) is 0 Å². The minimum atomic E-state index is -0.289. The fourth-order valence-corrected chi connectivity index (χ4v) is 2.88. The van der Waals surface area contributed by atoms with Gasteiger partial charge in [0, 0.05) is 38.3 Å². The van der Waals surface area contributed by atoms with Crippen LogP contribution < -0.4 is 15.4 Å². The van der Waals surface area contributed by atoms with E-state index in [1.807, 2.05) is 0 Å². The summed E-state index contributed by atoms with van der Waals surface area (Å²) < 4.78 is 18.6. The number of ether oxygens (including phenoxy) is 1. The SMILES string of the molecule is CN=C(NCCOc1cccc(F)c1)NC1CN(C(C)C)CC1C.I. The molecule has 0 amide bonds. The van der Waals surface area contributed by atoms with E-state index in [1.54, 1.807) is 19.2 Å². The number of benzene rings is 1. The second-order valence-electron chi connectivity index (χ2n) is 6.58. The van der Waals surface area contributed by atoms with Gasteiger partial charge in [0.2, 0.25) is 0 Å². The van der Waals surface area contributed by atoms with Crippen LogP contribution in [0, 0.1) is 11.7 Å². The molecule has 1 aromatic carbocycles. The van der Waals surface area contributed by atoms with Gasteiger partial charge in [-0.1, -0.05) is 13.0 Å². The van der Waals surface area contributed by atoms with Gasteiger partial charge in [0.1, 0.15) is 18.2 Å². The van der Waals surface area contributed by atoms with E-state index >= 15 is 0 Å². The third kappa shape index (κ3) is 6.97. The van der Waals surface area contributed by atoms with Gasteiger partial charge in [0.05, 0.1) is 6.54 Å². The van der Waals surface area contributed by atoms with Gasteiger partial charge in [-0.05, 0) is 31.9 Å². The second kappa shape index (κ2) is 10.8. The summed E-state index contributed by atoms with van der Waals surface area (Å²) in [4.78, 5) is 6.75. The Morgan fingerprint density at radius 3 is 2.76 bits per heavy atom. The number of likely N-dealkylation sites (tertiary alicyclic amines) is 1. The molecule has 0 saturated carbocycles. The average molecular weight is 464 g/mol. The van der Waals surface area contributed by atoms with Gasteiger partial charge < -0.3 is 15.4 Å². The molecular formula is C18H30FIN4O. The van der Waals surface area contributed by atoms with Crippen LogP contribution in [0.1, 0.15) is 20.8 Å². The molecule has 0 radical (unpaired) electrons. The molecule has 1 aliphatic rings. The predicted octanol–water partition coefficient (Wildman–Crippen LogP) is 2.72. The maximum absolute atomic E-state index is 13.1. The van der Waals surface area contributed by atoms with E-state index in [0.29, 0.717) is 36.9 Å². The van der Waals surface area contributed by atoms with Crippen molar-refractivity contribution in [1.82, 2.24) is 15.5 Å². The third-order valence-corrected chi connectivity index (χ3v) is 4.38. The topological polar surface area (TPSA) is 48.9 Å². The van der Waals surface area contributed by atoms with Gasteiger partial charge in [-0.15, -0.1) is 24.0 Å². The van der Waals surface area contributed by atoms with Crippen molar-refractivity contribution in [2.24, 2.45) is 10.9 Å². The average Bonchev–Trinajstić information content (AvgIpc) is 2.91. The quantitative estimate of drug-likeness (QED) is 0.294. The van der Waals surface area contributed by atoms with E-state index in [2.05, 4.69) is 41.3 Å². The number of aliphatic imine (C=N–C) groups is 1. The van der Waals surface area contributed by atoms with E-state index in [-0.39, 0.29) is 29.8 Å². The Morgan fingerprint density at radius 2 is 2.16 bits per heavy atom. The summed E-state index contributed by atoms with van der Waals surface area (Å²) in [7, 11) is 1.77. The molecule has 0 aromatic heterocycles. The summed E-state index contributed by atoms with van der Waals surface area (Å²) in [6, 6.07) is 7.13. The van der Waals surface area contributed by atoms with Gasteiger partial charge >= 0.3 is 0 Å². The highest BCUT2D eigenvalue weighted by atomic mass is 127. The molecule has 1 fully saturated rings. The normalized spacial score (nSPS) is 21.1. The monoisotopic (exact) mass is 464 g/mol. The Kier molecular flexibility index (Phi) is 9.48. The number of guanidine groups is 1. The number of rotatable bonds is 6. The first-order chi connectivity index (χ1) is 11.5. The van der Waals surface area contributed by atoms with Crippen molar-refractivity contribution < 1.29 is 9.13 Å². The van der Waals surface area contributed by atoms with Gasteiger partial charge in [0.15, 0.2) is 5.96 Å². The van der Waals surface area contributed by atoms with E-state index < -0.39 is 0 Å². The number of hydrogen-bond donors (Lipinski definition) is 2. The number of halogens is 2. The minimum Gasteiger partial charge on any atom is -0.492 e. The lowest BCUT2D eigenvalue weighted by Crippen LogP contribution is -2.47. The Balaban J connectivity index is 0.00000312. The minimum absolute atomic E-state index is 0. The molecule has 7 heteroatoms. The maximum Gasteiger partial charge on any atom is 0.191 e. The first-order valence-electron chi connectivity index (χ1n) is 8.59. The number of nitrogens with zero attached hydrogens (tertiary/aromatic N) is 2. The zero-order valence-corrected chi connectivity index (χ0v) is 17.8. The third-order valence-electron chi connectivity index (χ3n) is 4.38. The molecule has 0 aliphatic carbocycles. The first kappa shape index (κ1) is 22.0. The van der Waals surface area contributed by atoms with Crippen molar-refractivity contribution in [3.8, 4) is 5.75 Å². The summed E-state index contributed by atoms with van der Waals surface area (Å²) in [6.07, 6.45) is 0. The summed E-state index contributed by atoms with van der Waals surface area (Å²) in [5.74, 6) is 1.61. The number of nitrogens with one attached hydrogen (secondary N) is 2. The van der Waals surface area contributed by atoms with Crippen LogP contribution in [-0.2, 0) is 0 Å². The van der Waals surface area contributed by atoms with E-state index in [9.17, 15) is 4.39 Å². The van der Waals surface area contributed by atoms with Crippen LogP contribution in [0.4, 0.5) is 4.39 Å². The molecule has 142 valence electrons. The number of hydrogen-bond acceptors (Lipinski definition) is 3. The standard InChI is InChI=1S/C18H29FN4O.HI/c1-13(2)23-11-14(3)17(12-23)22-18(20-4)21-8-9-24-16-7-5-6-15(19)10-16;/h5-7,10,13-14,17H,8-9,11-12H2,1-4H3,(H2,20,21,22);1H. The fraction of sp³-hybridized carbons (Fsp3) is 0.611. The van der Waals surface area contributed by atoms with Gasteiger partial charge in [-0.25, -0.2) is 4.39 Å². The molecule has 2 N–H and O–H groups in total. The van der Waals surface area contributed by atoms with Crippen molar-refractivity contribution >= 4 is 29.9 Å². The summed E-state index contributed by atoms with van der Waals surface area (Å²) in [5, 5.41) is 6.74. The van der Waals surface area contributed by atoms with Crippen LogP contribution in [-0.4, -0.2) is 56.2 Å². The smallest absolute Gasteiger partial charge is 0.191 e. The Bertz CT molecular complexity index is 556. The van der Waals surface area contributed by atoms with Gasteiger partial charge in [-0.2, -0.15) is 0 Å². The molecule has 2 rings (SSSR count). The van der Waals surface area contributed by atoms with E-state index in [1.165, 1.54) is 12.1 Å². The Hall–Kier alpha value is -1.09. The summed E-state index contributed by atoms with van der Waals surface area (Å²) >= 11 is 0. The van der Waals surface area contributed by atoms with Crippen LogP contribution >= 0.6 is 24.0 Å². The molecule has 2 unspecified atom stereocenters. The van der Waals surface area contributed by atoms with Crippen LogP contribution in [0.25, 0.3) is 0 Å². The summed E-state index contributed by atoms with van der Waals surface area (Å²) in [6.45, 7) is 9.90. The van der Waals surface area contributed by atoms with Crippen LogP contribution in [0.5, 0.6) is 5.75 Å². The van der Waals surface area contributed by atoms with Gasteiger partial charge in [0.25, 0.3) is 0 Å². The van der Waals surface area contributed by atoms with Crippen molar-refractivity contribution in [3.05, 3.63) is 30.1 Å². The van der Waals surface area contributed by atoms with E-state index in [4.69, 9.17) is 4.74 Å². The highest BCUT2D eigenvalue weighted by Gasteiger charge is 2.31. The molecule has 2 atom stereocenters. The van der Waals surface area contributed by atoms with Crippen LogP contribution in [0.2, 0.25) is 0 Å². The first-order valence-corrected chi connectivity index (χ1v) is 8.59. The zero-order chi connectivity index (χ0) is 17.5. The Morgan fingerprint density at radius 1 is 1.40 bits per heavy atom. The molecule has 0 bridgehead atoms.